The van der Waals surface area contributed by atoms with Gasteiger partial charge in [-0.15, -0.1) is 0 Å². The lowest BCUT2D eigenvalue weighted by atomic mass is 10.2. The second-order valence-electron chi connectivity index (χ2n) is 5.06. The average Bonchev–Trinajstić information content (AvgIpc) is 2.88. The van der Waals surface area contributed by atoms with Crippen molar-refractivity contribution in [3.05, 3.63) is 46.5 Å². The van der Waals surface area contributed by atoms with Crippen molar-refractivity contribution in [2.45, 2.75) is 6.92 Å². The van der Waals surface area contributed by atoms with Gasteiger partial charge in [0.15, 0.2) is 6.61 Å². The molecule has 1 aromatic carbocycles. The Kier molecular flexibility index (Phi) is 6.49. The van der Waals surface area contributed by atoms with Crippen molar-refractivity contribution in [3.8, 4) is 5.69 Å². The molecule has 0 spiro atoms. The van der Waals surface area contributed by atoms with Crippen LogP contribution in [-0.2, 0) is 14.3 Å². The van der Waals surface area contributed by atoms with E-state index >= 15 is 0 Å². The first-order valence-electron chi connectivity index (χ1n) is 7.38. The zero-order valence-corrected chi connectivity index (χ0v) is 14.5. The molecule has 0 atom stereocenters. The van der Waals surface area contributed by atoms with Gasteiger partial charge in [-0.2, -0.15) is 5.10 Å². The number of nitrogens with zero attached hydrogens (tertiary/aromatic N) is 2. The molecule has 9 heteroatoms. The predicted octanol–water partition coefficient (Wildman–Crippen LogP) is 1.89. The zero-order chi connectivity index (χ0) is 18.4. The fourth-order valence-corrected chi connectivity index (χ4v) is 2.38. The van der Waals surface area contributed by atoms with E-state index in [9.17, 15) is 14.0 Å². The number of benzene rings is 1. The molecule has 0 aliphatic carbocycles. The maximum Gasteiger partial charge on any atom is 0.343 e. The van der Waals surface area contributed by atoms with Crippen LogP contribution in [0.15, 0.2) is 24.3 Å². The lowest BCUT2D eigenvalue weighted by molar-refractivity contribution is -0.124. The molecule has 0 radical (unpaired) electrons. The molecule has 7 nitrogen and oxygen atoms in total. The highest BCUT2D eigenvalue weighted by Crippen LogP contribution is 2.24. The highest BCUT2D eigenvalue weighted by atomic mass is 35.5. The molecule has 0 saturated carbocycles. The van der Waals surface area contributed by atoms with E-state index in [1.165, 1.54) is 36.1 Å². The van der Waals surface area contributed by atoms with E-state index in [4.69, 9.17) is 21.1 Å². The molecule has 25 heavy (non-hydrogen) atoms. The maximum absolute atomic E-state index is 13.0. The quantitative estimate of drug-likeness (QED) is 0.595. The van der Waals surface area contributed by atoms with Gasteiger partial charge in [0.2, 0.25) is 0 Å². The van der Waals surface area contributed by atoms with E-state index in [0.717, 1.165) is 0 Å². The minimum absolute atomic E-state index is 0.0221. The minimum atomic E-state index is -0.766. The molecule has 134 valence electrons. The first-order chi connectivity index (χ1) is 11.9. The Morgan fingerprint density at radius 1 is 1.32 bits per heavy atom. The van der Waals surface area contributed by atoms with E-state index < -0.39 is 24.3 Å². The number of methoxy groups -OCH3 is 1. The van der Waals surface area contributed by atoms with Crippen LogP contribution in [0.5, 0.6) is 0 Å². The Hall–Kier alpha value is -2.45. The summed E-state index contributed by atoms with van der Waals surface area (Å²) in [7, 11) is 1.51. The van der Waals surface area contributed by atoms with Crippen molar-refractivity contribution in [1.29, 1.82) is 0 Å². The second kappa shape index (κ2) is 8.59. The van der Waals surface area contributed by atoms with Crippen molar-refractivity contribution in [2.24, 2.45) is 0 Å². The normalized spacial score (nSPS) is 10.6. The van der Waals surface area contributed by atoms with Gasteiger partial charge in [0.25, 0.3) is 5.91 Å². The van der Waals surface area contributed by atoms with Crippen molar-refractivity contribution in [2.75, 3.05) is 26.9 Å². The highest BCUT2D eigenvalue weighted by Gasteiger charge is 2.23. The number of aromatic nitrogens is 2. The molecule has 1 amide bonds. The Morgan fingerprint density at radius 2 is 2.00 bits per heavy atom. The molecule has 0 bridgehead atoms. The van der Waals surface area contributed by atoms with Gasteiger partial charge in [0.1, 0.15) is 16.5 Å². The largest absolute Gasteiger partial charge is 0.452 e. The summed E-state index contributed by atoms with van der Waals surface area (Å²) >= 11 is 6.21. The van der Waals surface area contributed by atoms with Crippen LogP contribution in [0.2, 0.25) is 5.15 Å². The number of nitrogens with one attached hydrogen (secondary N) is 1. The summed E-state index contributed by atoms with van der Waals surface area (Å²) in [5.41, 5.74) is 0.876. The minimum Gasteiger partial charge on any atom is -0.452 e. The lowest BCUT2D eigenvalue weighted by Crippen LogP contribution is -2.31. The third-order valence-electron chi connectivity index (χ3n) is 3.24. The van der Waals surface area contributed by atoms with Gasteiger partial charge in [0, 0.05) is 13.7 Å². The molecular weight excluding hydrogens is 353 g/mol. The summed E-state index contributed by atoms with van der Waals surface area (Å²) in [5, 5.41) is 6.71. The van der Waals surface area contributed by atoms with Gasteiger partial charge in [0.05, 0.1) is 18.0 Å². The zero-order valence-electron chi connectivity index (χ0n) is 13.7. The first kappa shape index (κ1) is 18.9. The van der Waals surface area contributed by atoms with Crippen LogP contribution < -0.4 is 5.32 Å². The number of aryl methyl sites for hydroxylation is 1. The molecular formula is C16H17ClFN3O4. The molecule has 1 aromatic heterocycles. The summed E-state index contributed by atoms with van der Waals surface area (Å²) in [6.45, 7) is 1.81. The number of amides is 1. The monoisotopic (exact) mass is 369 g/mol. The Morgan fingerprint density at radius 3 is 2.64 bits per heavy atom. The predicted molar refractivity (Wildman–Crippen MR) is 88.4 cm³/mol. The maximum atomic E-state index is 13.0. The number of halogens is 2. The van der Waals surface area contributed by atoms with Crippen molar-refractivity contribution < 1.29 is 23.5 Å². The Bertz CT molecular complexity index is 761. The number of carbonyl (C=O) groups excluding carboxylic acids is 2. The standard InChI is InChI=1S/C16H17ClFN3O4/c1-10-14(16(23)25-9-13(22)19-7-8-24-2)15(17)21(20-10)12-5-3-11(18)4-6-12/h3-6H,7-9H2,1-2H3,(H,19,22). The summed E-state index contributed by atoms with van der Waals surface area (Å²) in [5.74, 6) is -1.62. The van der Waals surface area contributed by atoms with Crippen molar-refractivity contribution >= 4 is 23.5 Å². The average molecular weight is 370 g/mol. The van der Waals surface area contributed by atoms with Crippen LogP contribution in [0.1, 0.15) is 16.1 Å². The van der Waals surface area contributed by atoms with Crippen molar-refractivity contribution in [3.63, 3.8) is 0 Å². The van der Waals surface area contributed by atoms with Gasteiger partial charge in [-0.25, -0.2) is 13.9 Å². The van der Waals surface area contributed by atoms with E-state index in [-0.39, 0.29) is 10.7 Å². The molecule has 1 heterocycles. The van der Waals surface area contributed by atoms with Crippen LogP contribution in [0.3, 0.4) is 0 Å². The van der Waals surface area contributed by atoms with Crippen molar-refractivity contribution in [1.82, 2.24) is 15.1 Å². The number of ether oxygens (including phenoxy) is 2. The van der Waals surface area contributed by atoms with E-state index in [1.54, 1.807) is 6.92 Å². The lowest BCUT2D eigenvalue weighted by Gasteiger charge is -2.06. The third-order valence-corrected chi connectivity index (χ3v) is 3.59. The Labute approximate surface area is 148 Å². The fourth-order valence-electron chi connectivity index (χ4n) is 2.03. The Balaban J connectivity index is 2.08. The summed E-state index contributed by atoms with van der Waals surface area (Å²) in [6.07, 6.45) is 0. The fraction of sp³-hybridized carbons (Fsp3) is 0.312. The molecule has 0 unspecified atom stereocenters. The molecule has 2 rings (SSSR count). The van der Waals surface area contributed by atoms with Gasteiger partial charge in [-0.1, -0.05) is 11.6 Å². The van der Waals surface area contributed by atoms with Gasteiger partial charge >= 0.3 is 5.97 Å². The summed E-state index contributed by atoms with van der Waals surface area (Å²) < 4.78 is 24.1. The number of rotatable bonds is 7. The topological polar surface area (TPSA) is 82.4 Å². The van der Waals surface area contributed by atoms with E-state index in [0.29, 0.717) is 24.5 Å². The summed E-state index contributed by atoms with van der Waals surface area (Å²) in [4.78, 5) is 23.7. The second-order valence-corrected chi connectivity index (χ2v) is 5.42. The number of hydrogen-bond acceptors (Lipinski definition) is 5. The molecule has 0 aliphatic rings. The number of esters is 1. The first-order valence-corrected chi connectivity index (χ1v) is 7.75. The van der Waals surface area contributed by atoms with Gasteiger partial charge < -0.3 is 14.8 Å². The van der Waals surface area contributed by atoms with E-state index in [1.807, 2.05) is 0 Å². The van der Waals surface area contributed by atoms with Gasteiger partial charge in [-0.3, -0.25) is 4.79 Å². The number of hydrogen-bond donors (Lipinski definition) is 1. The summed E-state index contributed by atoms with van der Waals surface area (Å²) in [6, 6.07) is 5.47. The van der Waals surface area contributed by atoms with Crippen LogP contribution in [-0.4, -0.2) is 48.5 Å². The molecule has 2 aromatic rings. The smallest absolute Gasteiger partial charge is 0.343 e. The van der Waals surface area contributed by atoms with Crippen LogP contribution in [0.25, 0.3) is 5.69 Å². The van der Waals surface area contributed by atoms with E-state index in [2.05, 4.69) is 10.4 Å². The van der Waals surface area contributed by atoms with Crippen LogP contribution in [0.4, 0.5) is 4.39 Å². The van der Waals surface area contributed by atoms with Crippen LogP contribution in [0, 0.1) is 12.7 Å². The number of carbonyl (C=O) groups is 2. The molecule has 0 aliphatic heterocycles. The van der Waals surface area contributed by atoms with Crippen LogP contribution >= 0.6 is 11.6 Å². The highest BCUT2D eigenvalue weighted by molar-refractivity contribution is 6.33. The third kappa shape index (κ3) is 4.77. The molecule has 0 fully saturated rings. The van der Waals surface area contributed by atoms with Gasteiger partial charge in [-0.05, 0) is 31.2 Å². The molecule has 0 saturated heterocycles. The SMILES string of the molecule is COCCNC(=O)COC(=O)c1c(C)nn(-c2ccc(F)cc2)c1Cl. The molecule has 1 N–H and O–H groups in total.